The number of halogens is 2. The Bertz CT molecular complexity index is 1590. The van der Waals surface area contributed by atoms with E-state index >= 15 is 0 Å². The Labute approximate surface area is 244 Å². The molecule has 0 saturated carbocycles. The van der Waals surface area contributed by atoms with Crippen molar-refractivity contribution in [2.45, 2.75) is 41.4 Å². The fourth-order valence-electron chi connectivity index (χ4n) is 5.29. The Morgan fingerprint density at radius 2 is 1.48 bits per heavy atom. The molecule has 3 aromatic rings. The van der Waals surface area contributed by atoms with Crippen LogP contribution in [-0.2, 0) is 19.9 Å². The molecule has 13 heteroatoms. The van der Waals surface area contributed by atoms with E-state index < -0.39 is 36.4 Å². The van der Waals surface area contributed by atoms with Crippen LogP contribution in [0.25, 0.3) is 0 Å². The highest BCUT2D eigenvalue weighted by atomic mass is 32.2. The lowest BCUT2D eigenvalue weighted by molar-refractivity contribution is -0.384. The molecule has 0 amide bonds. The zero-order valence-electron chi connectivity index (χ0n) is 23.1. The Balaban J connectivity index is 1.31. The van der Waals surface area contributed by atoms with Crippen molar-refractivity contribution in [3.05, 3.63) is 99.6 Å². The van der Waals surface area contributed by atoms with E-state index in [1.165, 1.54) is 36.4 Å². The molecule has 0 aromatic heterocycles. The third-order valence-corrected chi connectivity index (χ3v) is 10.2. The molecule has 1 N–H and O–H groups in total. The number of likely N-dealkylation sites (tertiary alicyclic amines) is 1. The molecule has 1 unspecified atom stereocenters. The van der Waals surface area contributed by atoms with Gasteiger partial charge >= 0.3 is 0 Å². The van der Waals surface area contributed by atoms with Gasteiger partial charge < -0.3 is 4.90 Å². The fraction of sp³-hybridized carbons (Fsp3) is 0.379. The van der Waals surface area contributed by atoms with Gasteiger partial charge in [0.05, 0.1) is 14.7 Å². The number of non-ortho nitro benzene ring substituents is 1. The minimum absolute atomic E-state index is 0.0263. The minimum atomic E-state index is -3.77. The van der Waals surface area contributed by atoms with E-state index in [0.717, 1.165) is 55.9 Å². The number of hydrogen-bond acceptors (Lipinski definition) is 7. The van der Waals surface area contributed by atoms with Crippen LogP contribution in [0, 0.1) is 27.7 Å². The van der Waals surface area contributed by atoms with Crippen molar-refractivity contribution in [2.24, 2.45) is 5.92 Å². The maximum Gasteiger partial charge on any atom is 0.269 e. The quantitative estimate of drug-likeness (QED) is 0.226. The summed E-state index contributed by atoms with van der Waals surface area (Å²) in [6.45, 7) is 2.49. The zero-order chi connectivity index (χ0) is 30.5. The number of rotatable bonds is 12. The van der Waals surface area contributed by atoms with Gasteiger partial charge in [-0.15, -0.1) is 0 Å². The van der Waals surface area contributed by atoms with Gasteiger partial charge in [-0.25, -0.2) is 30.3 Å². The highest BCUT2D eigenvalue weighted by molar-refractivity contribution is 7.90. The third-order valence-electron chi connectivity index (χ3n) is 7.64. The Morgan fingerprint density at radius 1 is 0.905 bits per heavy atom. The Hall–Kier alpha value is -3.26. The smallest absolute Gasteiger partial charge is 0.269 e. The summed E-state index contributed by atoms with van der Waals surface area (Å²) in [6, 6.07) is 14.6. The molecule has 1 atom stereocenters. The van der Waals surface area contributed by atoms with Crippen molar-refractivity contribution in [3.63, 3.8) is 0 Å². The van der Waals surface area contributed by atoms with Crippen molar-refractivity contribution in [1.29, 1.82) is 0 Å². The number of nitrogens with one attached hydrogen (secondary N) is 1. The van der Waals surface area contributed by atoms with Gasteiger partial charge in [0, 0.05) is 36.9 Å². The van der Waals surface area contributed by atoms with Gasteiger partial charge in [0.1, 0.15) is 11.6 Å². The monoisotopic (exact) mass is 621 g/mol. The summed E-state index contributed by atoms with van der Waals surface area (Å²) in [5.41, 5.74) is 1.07. The first-order chi connectivity index (χ1) is 19.8. The molecular formula is C29H33F2N3O6S2. The second-order valence-electron chi connectivity index (χ2n) is 10.6. The van der Waals surface area contributed by atoms with Crippen LogP contribution in [0.15, 0.2) is 76.5 Å². The van der Waals surface area contributed by atoms with Gasteiger partial charge in [-0.2, -0.15) is 0 Å². The van der Waals surface area contributed by atoms with E-state index in [1.54, 1.807) is 12.1 Å². The van der Waals surface area contributed by atoms with E-state index in [-0.39, 0.29) is 27.9 Å². The fourth-order valence-corrected chi connectivity index (χ4v) is 6.97. The number of sulfonamides is 1. The number of nitro groups is 1. The highest BCUT2D eigenvalue weighted by Gasteiger charge is 2.23. The van der Waals surface area contributed by atoms with Crippen LogP contribution < -0.4 is 4.72 Å². The lowest BCUT2D eigenvalue weighted by Gasteiger charge is -2.33. The lowest BCUT2D eigenvalue weighted by Crippen LogP contribution is -2.36. The Morgan fingerprint density at radius 3 is 2.02 bits per heavy atom. The predicted octanol–water partition coefficient (Wildman–Crippen LogP) is 4.88. The van der Waals surface area contributed by atoms with Gasteiger partial charge in [0.15, 0.2) is 9.84 Å². The molecule has 42 heavy (non-hydrogen) atoms. The first-order valence-corrected chi connectivity index (χ1v) is 16.9. The van der Waals surface area contributed by atoms with Crippen molar-refractivity contribution in [1.82, 2.24) is 9.62 Å². The molecule has 1 aliphatic heterocycles. The average Bonchev–Trinajstić information content (AvgIpc) is 2.93. The topological polar surface area (TPSA) is 127 Å². The molecular weight excluding hydrogens is 588 g/mol. The van der Waals surface area contributed by atoms with Gasteiger partial charge in [-0.05, 0) is 98.8 Å². The van der Waals surface area contributed by atoms with E-state index in [4.69, 9.17) is 0 Å². The number of piperidine rings is 1. The number of hydrogen-bond donors (Lipinski definition) is 1. The molecule has 1 saturated heterocycles. The SMILES string of the molecule is CS(=O)(=O)c1ccc(C(CCN2CCC(CCNS(=O)(=O)c3ccc([N+](=O)[O-])cc3)CC2)c2cc(F)cc(F)c2)cc1. The molecule has 1 heterocycles. The van der Waals surface area contributed by atoms with E-state index in [2.05, 4.69) is 9.62 Å². The second kappa shape index (κ2) is 13.4. The van der Waals surface area contributed by atoms with Gasteiger partial charge in [-0.3, -0.25) is 10.1 Å². The lowest BCUT2D eigenvalue weighted by atomic mass is 9.87. The van der Waals surface area contributed by atoms with Crippen LogP contribution in [0.3, 0.4) is 0 Å². The molecule has 0 radical (unpaired) electrons. The molecule has 3 aromatic carbocycles. The summed E-state index contributed by atoms with van der Waals surface area (Å²) in [4.78, 5) is 12.6. The van der Waals surface area contributed by atoms with E-state index in [9.17, 15) is 35.7 Å². The number of nitro benzene ring substituents is 1. The second-order valence-corrected chi connectivity index (χ2v) is 14.4. The molecule has 0 bridgehead atoms. The van der Waals surface area contributed by atoms with Crippen molar-refractivity contribution in [3.8, 4) is 0 Å². The van der Waals surface area contributed by atoms with E-state index in [0.29, 0.717) is 30.9 Å². The molecule has 9 nitrogen and oxygen atoms in total. The van der Waals surface area contributed by atoms with Crippen LogP contribution in [0.5, 0.6) is 0 Å². The van der Waals surface area contributed by atoms with Crippen LogP contribution in [-0.4, -0.2) is 59.1 Å². The summed E-state index contributed by atoms with van der Waals surface area (Å²) >= 11 is 0. The number of sulfone groups is 1. The molecule has 226 valence electrons. The highest BCUT2D eigenvalue weighted by Crippen LogP contribution is 2.31. The van der Waals surface area contributed by atoms with E-state index in [1.807, 2.05) is 0 Å². The molecule has 1 aliphatic rings. The molecule has 0 spiro atoms. The molecule has 4 rings (SSSR count). The van der Waals surface area contributed by atoms with Crippen molar-refractivity contribution >= 4 is 25.5 Å². The largest absolute Gasteiger partial charge is 0.303 e. The molecule has 0 aliphatic carbocycles. The van der Waals surface area contributed by atoms with Crippen molar-refractivity contribution in [2.75, 3.05) is 32.4 Å². The standard InChI is InChI=1S/C29H33F2N3O6S2/c1-41(37,38)27-6-2-22(3-7-27)29(23-18-24(30)20-25(31)19-23)13-17-33-15-11-21(12-16-33)10-14-32-42(39,40)28-8-4-26(5-9-28)34(35)36/h2-9,18-21,29,32H,10-17H2,1H3. The summed E-state index contributed by atoms with van der Waals surface area (Å²) in [5, 5.41) is 10.8. The first-order valence-electron chi connectivity index (χ1n) is 13.5. The number of benzene rings is 3. The minimum Gasteiger partial charge on any atom is -0.303 e. The maximum absolute atomic E-state index is 14.1. The summed E-state index contributed by atoms with van der Waals surface area (Å²) in [7, 11) is -7.15. The van der Waals surface area contributed by atoms with Crippen molar-refractivity contribution < 1.29 is 30.5 Å². The maximum atomic E-state index is 14.1. The first kappa shape index (κ1) is 31.7. The van der Waals surface area contributed by atoms with Gasteiger partial charge in [-0.1, -0.05) is 12.1 Å². The summed E-state index contributed by atoms with van der Waals surface area (Å²) in [5.74, 6) is -1.37. The normalized spacial score (nSPS) is 15.9. The van der Waals surface area contributed by atoms with Crippen LogP contribution in [0.1, 0.15) is 42.7 Å². The van der Waals surface area contributed by atoms with Crippen LogP contribution in [0.4, 0.5) is 14.5 Å². The van der Waals surface area contributed by atoms with Gasteiger partial charge in [0.2, 0.25) is 10.0 Å². The number of nitrogens with zero attached hydrogens (tertiary/aromatic N) is 2. The zero-order valence-corrected chi connectivity index (χ0v) is 24.7. The summed E-state index contributed by atoms with van der Waals surface area (Å²) < 4.78 is 79.6. The van der Waals surface area contributed by atoms with Gasteiger partial charge in [0.25, 0.3) is 5.69 Å². The third kappa shape index (κ3) is 8.40. The molecule has 1 fully saturated rings. The van der Waals surface area contributed by atoms with Crippen LogP contribution in [0.2, 0.25) is 0 Å². The predicted molar refractivity (Wildman–Crippen MR) is 154 cm³/mol. The summed E-state index contributed by atoms with van der Waals surface area (Å²) in [6.07, 6.45) is 4.07. The Kier molecular flexibility index (Phi) is 10.1. The van der Waals surface area contributed by atoms with Crippen LogP contribution >= 0.6 is 0 Å². The average molecular weight is 622 g/mol.